The van der Waals surface area contributed by atoms with Gasteiger partial charge in [-0.3, -0.25) is 14.4 Å². The third kappa shape index (κ3) is 5.83. The Balaban J connectivity index is 1.43. The zero-order chi connectivity index (χ0) is 21.5. The Morgan fingerprint density at radius 2 is 1.80 bits per heavy atom. The summed E-state index contributed by atoms with van der Waals surface area (Å²) in [6.07, 6.45) is 4.45. The van der Waals surface area contributed by atoms with Gasteiger partial charge in [-0.05, 0) is 50.5 Å². The first-order chi connectivity index (χ1) is 14.4. The van der Waals surface area contributed by atoms with Crippen LogP contribution in [0.1, 0.15) is 41.6 Å². The SMILES string of the molecule is Cc1ccc(C(=O)NC2CCN(C(=O)C(C)NC(=O)/C=C/c3ccccc3)CC2)o1. The van der Waals surface area contributed by atoms with Gasteiger partial charge < -0.3 is 20.0 Å². The molecule has 1 saturated heterocycles. The second-order valence-corrected chi connectivity index (χ2v) is 7.46. The number of hydrogen-bond acceptors (Lipinski definition) is 4. The van der Waals surface area contributed by atoms with Gasteiger partial charge in [-0.25, -0.2) is 0 Å². The summed E-state index contributed by atoms with van der Waals surface area (Å²) in [6, 6.07) is 12.3. The van der Waals surface area contributed by atoms with E-state index in [2.05, 4.69) is 10.6 Å². The number of likely N-dealkylation sites (tertiary alicyclic amines) is 1. The molecule has 1 aliphatic rings. The molecule has 1 atom stereocenters. The highest BCUT2D eigenvalue weighted by atomic mass is 16.3. The van der Waals surface area contributed by atoms with Crippen molar-refractivity contribution in [3.8, 4) is 0 Å². The van der Waals surface area contributed by atoms with E-state index in [0.717, 1.165) is 5.56 Å². The fourth-order valence-electron chi connectivity index (χ4n) is 3.39. The highest BCUT2D eigenvalue weighted by Crippen LogP contribution is 2.13. The molecule has 0 aliphatic carbocycles. The van der Waals surface area contributed by atoms with Gasteiger partial charge in [0.1, 0.15) is 11.8 Å². The summed E-state index contributed by atoms with van der Waals surface area (Å²) in [6.45, 7) is 4.53. The molecule has 30 heavy (non-hydrogen) atoms. The Kier molecular flexibility index (Phi) is 7.06. The molecule has 1 aromatic heterocycles. The summed E-state index contributed by atoms with van der Waals surface area (Å²) >= 11 is 0. The van der Waals surface area contributed by atoms with Crippen molar-refractivity contribution in [3.63, 3.8) is 0 Å². The van der Waals surface area contributed by atoms with Crippen LogP contribution in [0.25, 0.3) is 6.08 Å². The first kappa shape index (κ1) is 21.4. The number of hydrogen-bond donors (Lipinski definition) is 2. The molecule has 1 fully saturated rings. The average Bonchev–Trinajstić information content (AvgIpc) is 3.19. The predicted molar refractivity (Wildman–Crippen MR) is 114 cm³/mol. The lowest BCUT2D eigenvalue weighted by Crippen LogP contribution is -2.52. The van der Waals surface area contributed by atoms with Crippen LogP contribution in [0.15, 0.2) is 53.0 Å². The molecule has 7 heteroatoms. The van der Waals surface area contributed by atoms with E-state index in [4.69, 9.17) is 4.42 Å². The maximum Gasteiger partial charge on any atom is 0.287 e. The van der Waals surface area contributed by atoms with Gasteiger partial charge in [-0.2, -0.15) is 0 Å². The molecule has 158 valence electrons. The Morgan fingerprint density at radius 1 is 1.10 bits per heavy atom. The monoisotopic (exact) mass is 409 g/mol. The summed E-state index contributed by atoms with van der Waals surface area (Å²) in [5.74, 6) is 0.318. The van der Waals surface area contributed by atoms with Crippen LogP contribution in [0.4, 0.5) is 0 Å². The molecular formula is C23H27N3O4. The smallest absolute Gasteiger partial charge is 0.287 e. The average molecular weight is 409 g/mol. The number of amides is 3. The van der Waals surface area contributed by atoms with Gasteiger partial charge in [0.05, 0.1) is 0 Å². The number of aryl methyl sites for hydroxylation is 1. The number of furan rings is 1. The van der Waals surface area contributed by atoms with Gasteiger partial charge in [0.15, 0.2) is 5.76 Å². The zero-order valence-corrected chi connectivity index (χ0v) is 17.3. The summed E-state index contributed by atoms with van der Waals surface area (Å²) in [5, 5.41) is 5.67. The fourth-order valence-corrected chi connectivity index (χ4v) is 3.39. The van der Waals surface area contributed by atoms with E-state index in [-0.39, 0.29) is 23.8 Å². The molecule has 7 nitrogen and oxygen atoms in total. The van der Waals surface area contributed by atoms with E-state index in [1.54, 1.807) is 37.0 Å². The predicted octanol–water partition coefficient (Wildman–Crippen LogP) is 2.53. The molecule has 2 heterocycles. The van der Waals surface area contributed by atoms with Crippen molar-refractivity contribution in [2.75, 3.05) is 13.1 Å². The zero-order valence-electron chi connectivity index (χ0n) is 17.3. The van der Waals surface area contributed by atoms with Crippen LogP contribution in [0.2, 0.25) is 0 Å². The quantitative estimate of drug-likeness (QED) is 0.717. The van der Waals surface area contributed by atoms with E-state index in [0.29, 0.717) is 37.5 Å². The van der Waals surface area contributed by atoms with Crippen molar-refractivity contribution in [1.29, 1.82) is 0 Å². The second kappa shape index (κ2) is 9.91. The van der Waals surface area contributed by atoms with Gasteiger partial charge in [-0.15, -0.1) is 0 Å². The summed E-state index contributed by atoms with van der Waals surface area (Å²) in [4.78, 5) is 38.7. The number of piperidine rings is 1. The van der Waals surface area contributed by atoms with Gasteiger partial charge in [0.25, 0.3) is 5.91 Å². The van der Waals surface area contributed by atoms with E-state index in [1.165, 1.54) is 6.08 Å². The molecule has 1 unspecified atom stereocenters. The van der Waals surface area contributed by atoms with Crippen LogP contribution in [0.5, 0.6) is 0 Å². The molecular weight excluding hydrogens is 382 g/mol. The van der Waals surface area contributed by atoms with Crippen molar-refractivity contribution in [2.24, 2.45) is 0 Å². The fraction of sp³-hybridized carbons (Fsp3) is 0.348. The van der Waals surface area contributed by atoms with Crippen LogP contribution >= 0.6 is 0 Å². The summed E-state index contributed by atoms with van der Waals surface area (Å²) in [5.41, 5.74) is 0.917. The highest BCUT2D eigenvalue weighted by molar-refractivity contribution is 5.95. The van der Waals surface area contributed by atoms with Crippen molar-refractivity contribution >= 4 is 23.8 Å². The molecule has 2 aromatic rings. The van der Waals surface area contributed by atoms with Gasteiger partial charge in [0, 0.05) is 25.2 Å². The van der Waals surface area contributed by atoms with E-state index in [1.807, 2.05) is 30.3 Å². The lowest BCUT2D eigenvalue weighted by Gasteiger charge is -2.33. The first-order valence-electron chi connectivity index (χ1n) is 10.1. The topological polar surface area (TPSA) is 91.7 Å². The maximum atomic E-state index is 12.6. The first-order valence-corrected chi connectivity index (χ1v) is 10.1. The molecule has 0 spiro atoms. The standard InChI is InChI=1S/C23H27N3O4/c1-16-8-10-20(30-16)22(28)25-19-12-14-26(15-13-19)23(29)17(2)24-21(27)11-9-18-6-4-3-5-7-18/h3-11,17,19H,12-15H2,1-2H3,(H,24,27)(H,25,28)/b11-9+. The summed E-state index contributed by atoms with van der Waals surface area (Å²) < 4.78 is 5.34. The minimum Gasteiger partial charge on any atom is -0.456 e. The van der Waals surface area contributed by atoms with E-state index >= 15 is 0 Å². The molecule has 1 aliphatic heterocycles. The van der Waals surface area contributed by atoms with Crippen molar-refractivity contribution in [3.05, 3.63) is 65.6 Å². The van der Waals surface area contributed by atoms with Crippen LogP contribution < -0.4 is 10.6 Å². The number of rotatable bonds is 6. The molecule has 0 saturated carbocycles. The molecule has 2 N–H and O–H groups in total. The number of nitrogens with one attached hydrogen (secondary N) is 2. The number of nitrogens with zero attached hydrogens (tertiary/aromatic N) is 1. The second-order valence-electron chi connectivity index (χ2n) is 7.46. The molecule has 0 bridgehead atoms. The number of benzene rings is 1. The minimum atomic E-state index is -0.616. The highest BCUT2D eigenvalue weighted by Gasteiger charge is 2.27. The Morgan fingerprint density at radius 3 is 2.43 bits per heavy atom. The Labute approximate surface area is 176 Å². The Hall–Kier alpha value is -3.35. The van der Waals surface area contributed by atoms with E-state index in [9.17, 15) is 14.4 Å². The number of carbonyl (C=O) groups is 3. The third-order valence-electron chi connectivity index (χ3n) is 5.06. The van der Waals surface area contributed by atoms with Crippen molar-refractivity contribution in [1.82, 2.24) is 15.5 Å². The minimum absolute atomic E-state index is 0.00865. The van der Waals surface area contributed by atoms with Gasteiger partial charge in [-0.1, -0.05) is 30.3 Å². The normalized spacial score (nSPS) is 15.7. The van der Waals surface area contributed by atoms with Crippen molar-refractivity contribution < 1.29 is 18.8 Å². The number of carbonyl (C=O) groups excluding carboxylic acids is 3. The molecule has 3 rings (SSSR count). The third-order valence-corrected chi connectivity index (χ3v) is 5.06. The molecule has 1 aromatic carbocycles. The maximum absolute atomic E-state index is 12.6. The lowest BCUT2D eigenvalue weighted by molar-refractivity contribution is -0.136. The lowest BCUT2D eigenvalue weighted by atomic mass is 10.0. The largest absolute Gasteiger partial charge is 0.456 e. The van der Waals surface area contributed by atoms with Crippen LogP contribution in [0, 0.1) is 6.92 Å². The molecule has 0 radical (unpaired) electrons. The van der Waals surface area contributed by atoms with Crippen LogP contribution in [-0.2, 0) is 9.59 Å². The Bertz CT molecular complexity index is 912. The van der Waals surface area contributed by atoms with Crippen molar-refractivity contribution in [2.45, 2.75) is 38.8 Å². The summed E-state index contributed by atoms with van der Waals surface area (Å²) in [7, 11) is 0. The van der Waals surface area contributed by atoms with Gasteiger partial charge >= 0.3 is 0 Å². The van der Waals surface area contributed by atoms with Crippen LogP contribution in [0.3, 0.4) is 0 Å². The molecule has 3 amide bonds. The van der Waals surface area contributed by atoms with E-state index < -0.39 is 6.04 Å². The van der Waals surface area contributed by atoms with Gasteiger partial charge in [0.2, 0.25) is 11.8 Å². The van der Waals surface area contributed by atoms with Crippen LogP contribution in [-0.4, -0.2) is 47.8 Å².